The van der Waals surface area contributed by atoms with E-state index < -0.39 is 32.7 Å². The number of hydrogen-bond donors (Lipinski definition) is 2. The normalized spacial score (nSPS) is 32.7. The number of aliphatic hydroxyl groups is 1. The Hall–Kier alpha value is -3.08. The van der Waals surface area contributed by atoms with E-state index in [1.807, 2.05) is 25.1 Å². The lowest BCUT2D eigenvalue weighted by atomic mass is 9.60. The molecule has 0 radical (unpaired) electrons. The number of sulfonamides is 1. The van der Waals surface area contributed by atoms with Gasteiger partial charge in [-0.1, -0.05) is 43.7 Å². The number of nitrogens with one attached hydrogen (secondary N) is 1. The molecule has 9 nitrogen and oxygen atoms in total. The quantitative estimate of drug-likeness (QED) is 0.407. The van der Waals surface area contributed by atoms with Crippen molar-refractivity contribution in [3.63, 3.8) is 0 Å². The van der Waals surface area contributed by atoms with Crippen LogP contribution in [-0.4, -0.2) is 74.9 Å². The van der Waals surface area contributed by atoms with Crippen molar-refractivity contribution in [2.75, 3.05) is 38.7 Å². The van der Waals surface area contributed by atoms with E-state index in [2.05, 4.69) is 15.7 Å². The Balaban J connectivity index is 1.47. The van der Waals surface area contributed by atoms with Crippen molar-refractivity contribution >= 4 is 39.1 Å². The number of ether oxygens (including phenoxy) is 1. The van der Waals surface area contributed by atoms with Crippen LogP contribution in [0.2, 0.25) is 5.02 Å². The van der Waals surface area contributed by atoms with Gasteiger partial charge in [0.15, 0.2) is 0 Å². The van der Waals surface area contributed by atoms with Crippen molar-refractivity contribution in [3.8, 4) is 5.75 Å². The topological polar surface area (TPSA) is 116 Å². The smallest absolute Gasteiger partial charge is 0.264 e. The van der Waals surface area contributed by atoms with Crippen LogP contribution in [0.3, 0.4) is 0 Å². The minimum absolute atomic E-state index is 0.0513. The van der Waals surface area contributed by atoms with E-state index in [0.29, 0.717) is 42.6 Å². The van der Waals surface area contributed by atoms with Crippen molar-refractivity contribution in [1.29, 1.82) is 0 Å². The fraction of sp³-hybridized carbons (Fsp3) is 0.568. The molecule has 0 saturated heterocycles. The van der Waals surface area contributed by atoms with Crippen molar-refractivity contribution in [2.45, 2.75) is 75.6 Å². The molecule has 1 fully saturated rings. The summed E-state index contributed by atoms with van der Waals surface area (Å²) < 4.78 is 35.7. The molecule has 11 heteroatoms. The Morgan fingerprint density at radius 1 is 1.17 bits per heavy atom. The maximum atomic E-state index is 13.5. The number of nitrogens with zero attached hydrogens (tertiary/aromatic N) is 2. The van der Waals surface area contributed by atoms with E-state index in [0.717, 1.165) is 32.1 Å². The molecule has 2 N–H and O–H groups in total. The monoisotopic (exact) mass is 697 g/mol. The molecule has 7 atom stereocenters. The molecule has 2 aliphatic heterocycles. The van der Waals surface area contributed by atoms with Gasteiger partial charge in [0, 0.05) is 43.2 Å². The lowest BCUT2D eigenvalue weighted by Gasteiger charge is -2.51. The van der Waals surface area contributed by atoms with Crippen LogP contribution in [0.15, 0.2) is 48.6 Å². The van der Waals surface area contributed by atoms with E-state index >= 15 is 0 Å². The third kappa shape index (κ3) is 6.24. The SMILES string of the molecule is C[C@H](C(=O)N(C)C)[C@@]1(O)/C=C/C[C@H](C)[C@@H](C)S(=O)(=O)NC(=O)c2ccc3c(c2)N(C[C@@H]2CC[C@H]21)C[C@@]1(CCCc2cc(Cl)ccc21)CO3. The lowest BCUT2D eigenvalue weighted by molar-refractivity contribution is -0.147. The molecule has 0 aromatic heterocycles. The van der Waals surface area contributed by atoms with Crippen LogP contribution < -0.4 is 14.4 Å². The number of benzene rings is 2. The highest BCUT2D eigenvalue weighted by Crippen LogP contribution is 2.50. The number of fused-ring (bicyclic) bond motifs is 4. The number of carbonyl (C=O) groups excluding carboxylic acids is 2. The molecule has 2 aromatic rings. The minimum Gasteiger partial charge on any atom is -0.490 e. The molecule has 2 aromatic carbocycles. The van der Waals surface area contributed by atoms with Gasteiger partial charge in [-0.2, -0.15) is 0 Å². The number of allylic oxidation sites excluding steroid dienone is 1. The Bertz CT molecular complexity index is 1730. The van der Waals surface area contributed by atoms with Crippen LogP contribution in [0, 0.1) is 23.7 Å². The average molecular weight is 698 g/mol. The van der Waals surface area contributed by atoms with Crippen LogP contribution >= 0.6 is 11.6 Å². The predicted octanol–water partition coefficient (Wildman–Crippen LogP) is 5.34. The van der Waals surface area contributed by atoms with Crippen LogP contribution in [0.5, 0.6) is 5.75 Å². The Morgan fingerprint density at radius 2 is 1.94 bits per heavy atom. The Kier molecular flexibility index (Phi) is 9.41. The summed E-state index contributed by atoms with van der Waals surface area (Å²) in [5, 5.41) is 12.3. The van der Waals surface area contributed by atoms with E-state index in [1.165, 1.54) is 16.0 Å². The van der Waals surface area contributed by atoms with Crippen molar-refractivity contribution in [2.24, 2.45) is 23.7 Å². The molecule has 2 bridgehead atoms. The van der Waals surface area contributed by atoms with E-state index in [4.69, 9.17) is 16.3 Å². The molecule has 0 unspecified atom stereocenters. The van der Waals surface area contributed by atoms with Gasteiger partial charge in [0.05, 0.1) is 29.1 Å². The third-order valence-electron chi connectivity index (χ3n) is 11.7. The van der Waals surface area contributed by atoms with E-state index in [-0.39, 0.29) is 34.6 Å². The second-order valence-corrected chi connectivity index (χ2v) is 17.3. The zero-order valence-electron chi connectivity index (χ0n) is 28.5. The molecule has 2 aliphatic carbocycles. The van der Waals surface area contributed by atoms with Gasteiger partial charge in [-0.25, -0.2) is 13.1 Å². The van der Waals surface area contributed by atoms with Crippen LogP contribution in [-0.2, 0) is 26.7 Å². The molecular formula is C37H48ClN3O6S. The number of anilines is 1. The first kappa shape index (κ1) is 34.8. The average Bonchev–Trinajstić information content (AvgIpc) is 3.17. The van der Waals surface area contributed by atoms with Crippen LogP contribution in [0.1, 0.15) is 74.4 Å². The van der Waals surface area contributed by atoms with Crippen LogP contribution in [0.4, 0.5) is 5.69 Å². The van der Waals surface area contributed by atoms with Gasteiger partial charge in [0.25, 0.3) is 5.91 Å². The van der Waals surface area contributed by atoms with Gasteiger partial charge in [0.2, 0.25) is 15.9 Å². The van der Waals surface area contributed by atoms with Gasteiger partial charge >= 0.3 is 0 Å². The summed E-state index contributed by atoms with van der Waals surface area (Å²) in [5.74, 6) is -1.44. The fourth-order valence-corrected chi connectivity index (χ4v) is 9.84. The standard InChI is InChI=1S/C37H48ClN3O6S/c1-23-8-6-17-37(44,24(2)35(43)40(4)5)31-13-10-28(31)20-41-21-36(16-7-9-26-18-29(38)12-14-30(26)36)22-47-33-15-11-27(19-32(33)41)34(42)39-48(45,46)25(23)3/h6,11-12,14-15,17-19,23-25,28,31,44H,7-10,13,16,20-22H2,1-5H3,(H,39,42)/b17-6+/t23-,24+,25+,28-,31+,36-,37-/m0/s1. The highest BCUT2D eigenvalue weighted by molar-refractivity contribution is 7.90. The molecule has 1 spiro atoms. The Labute approximate surface area is 289 Å². The Morgan fingerprint density at radius 3 is 2.65 bits per heavy atom. The minimum atomic E-state index is -4.03. The van der Waals surface area contributed by atoms with E-state index in [1.54, 1.807) is 52.2 Å². The molecule has 6 rings (SSSR count). The number of carbonyl (C=O) groups is 2. The van der Waals surface area contributed by atoms with Gasteiger partial charge < -0.3 is 19.6 Å². The first-order chi connectivity index (χ1) is 22.6. The highest BCUT2D eigenvalue weighted by atomic mass is 35.5. The molecule has 2 amide bonds. The number of hydrogen-bond acceptors (Lipinski definition) is 7. The number of aryl methyl sites for hydroxylation is 1. The molecule has 2 heterocycles. The molecule has 4 aliphatic rings. The maximum absolute atomic E-state index is 13.5. The summed E-state index contributed by atoms with van der Waals surface area (Å²) >= 11 is 6.43. The van der Waals surface area contributed by atoms with Crippen LogP contribution in [0.25, 0.3) is 0 Å². The first-order valence-electron chi connectivity index (χ1n) is 17.1. The second kappa shape index (κ2) is 13.0. The zero-order valence-corrected chi connectivity index (χ0v) is 30.1. The number of amides is 2. The van der Waals surface area contributed by atoms with Gasteiger partial charge in [-0.05, 0) is 105 Å². The van der Waals surface area contributed by atoms with Crippen molar-refractivity contribution in [1.82, 2.24) is 9.62 Å². The summed E-state index contributed by atoms with van der Waals surface area (Å²) in [6, 6.07) is 11.2. The summed E-state index contributed by atoms with van der Waals surface area (Å²) in [5.41, 5.74) is 1.59. The second-order valence-electron chi connectivity index (χ2n) is 14.9. The maximum Gasteiger partial charge on any atom is 0.264 e. The number of halogens is 1. The van der Waals surface area contributed by atoms with Gasteiger partial charge in [0.1, 0.15) is 5.75 Å². The van der Waals surface area contributed by atoms with Gasteiger partial charge in [-0.15, -0.1) is 0 Å². The highest BCUT2D eigenvalue weighted by Gasteiger charge is 2.52. The molecule has 48 heavy (non-hydrogen) atoms. The fourth-order valence-electron chi connectivity index (χ4n) is 8.36. The number of rotatable bonds is 2. The summed E-state index contributed by atoms with van der Waals surface area (Å²) in [7, 11) is -0.633. The zero-order chi connectivity index (χ0) is 34.6. The summed E-state index contributed by atoms with van der Waals surface area (Å²) in [6.07, 6.45) is 8.36. The first-order valence-corrected chi connectivity index (χ1v) is 19.1. The van der Waals surface area contributed by atoms with E-state index in [9.17, 15) is 23.1 Å². The van der Waals surface area contributed by atoms with Gasteiger partial charge in [-0.3, -0.25) is 9.59 Å². The van der Waals surface area contributed by atoms with Crippen molar-refractivity contribution in [3.05, 3.63) is 70.3 Å². The molecule has 260 valence electrons. The summed E-state index contributed by atoms with van der Waals surface area (Å²) in [6.45, 7) is 6.80. The van der Waals surface area contributed by atoms with Crippen molar-refractivity contribution < 1.29 is 27.9 Å². The third-order valence-corrected chi connectivity index (χ3v) is 13.8. The molecular weight excluding hydrogens is 650 g/mol. The largest absolute Gasteiger partial charge is 0.490 e. The predicted molar refractivity (Wildman–Crippen MR) is 188 cm³/mol. The molecule has 1 saturated carbocycles. The summed E-state index contributed by atoms with van der Waals surface area (Å²) in [4.78, 5) is 30.7. The lowest BCUT2D eigenvalue weighted by Crippen LogP contribution is -2.57.